The Hall–Kier alpha value is -1.71. The number of rotatable bonds is 5. The molecule has 0 spiro atoms. The molecular weight excluding hydrogens is 251 g/mol. The van der Waals surface area contributed by atoms with Gasteiger partial charge in [0.25, 0.3) is 0 Å². The molecule has 1 atom stereocenters. The van der Waals surface area contributed by atoms with Crippen LogP contribution in [0, 0.1) is 19.7 Å². The van der Waals surface area contributed by atoms with Crippen LogP contribution >= 0.6 is 0 Å². The van der Waals surface area contributed by atoms with Crippen LogP contribution in [0.4, 0.5) is 4.39 Å². The van der Waals surface area contributed by atoms with Gasteiger partial charge in [0.1, 0.15) is 5.82 Å². The molecule has 2 nitrogen and oxygen atoms in total. The molecule has 0 saturated heterocycles. The van der Waals surface area contributed by atoms with Crippen LogP contribution in [0.15, 0.2) is 42.5 Å². The molecule has 0 aliphatic rings. The van der Waals surface area contributed by atoms with Crippen molar-refractivity contribution in [1.29, 1.82) is 0 Å². The van der Waals surface area contributed by atoms with Crippen LogP contribution < -0.4 is 11.3 Å². The summed E-state index contributed by atoms with van der Waals surface area (Å²) in [6.45, 7) is 3.88. The molecule has 0 aliphatic heterocycles. The molecule has 2 aromatic carbocycles. The third-order valence-corrected chi connectivity index (χ3v) is 3.75. The molecule has 0 amide bonds. The van der Waals surface area contributed by atoms with Crippen molar-refractivity contribution in [3.05, 3.63) is 70.5 Å². The van der Waals surface area contributed by atoms with Gasteiger partial charge in [-0.2, -0.15) is 0 Å². The average molecular weight is 272 g/mol. The molecule has 0 aliphatic carbocycles. The summed E-state index contributed by atoms with van der Waals surface area (Å²) in [5, 5.41) is 0. The molecule has 0 radical (unpaired) electrons. The van der Waals surface area contributed by atoms with Gasteiger partial charge in [0, 0.05) is 6.04 Å². The Bertz CT molecular complexity index is 581. The average Bonchev–Trinajstić information content (AvgIpc) is 2.45. The van der Waals surface area contributed by atoms with Gasteiger partial charge in [-0.25, -0.2) is 4.39 Å². The van der Waals surface area contributed by atoms with E-state index in [1.165, 1.54) is 17.2 Å². The van der Waals surface area contributed by atoms with Gasteiger partial charge >= 0.3 is 0 Å². The van der Waals surface area contributed by atoms with Crippen LogP contribution in [0.5, 0.6) is 0 Å². The first-order valence-electron chi connectivity index (χ1n) is 6.88. The van der Waals surface area contributed by atoms with E-state index in [9.17, 15) is 4.39 Å². The van der Waals surface area contributed by atoms with E-state index in [1.54, 1.807) is 13.0 Å². The molecule has 0 saturated carbocycles. The lowest BCUT2D eigenvalue weighted by molar-refractivity contribution is 0.513. The zero-order valence-electron chi connectivity index (χ0n) is 12.0. The van der Waals surface area contributed by atoms with E-state index in [0.29, 0.717) is 5.56 Å². The van der Waals surface area contributed by atoms with E-state index < -0.39 is 0 Å². The normalized spacial score (nSPS) is 12.4. The van der Waals surface area contributed by atoms with Gasteiger partial charge in [-0.05, 0) is 55.0 Å². The third kappa shape index (κ3) is 3.44. The monoisotopic (exact) mass is 272 g/mol. The highest BCUT2D eigenvalue weighted by molar-refractivity contribution is 5.28. The van der Waals surface area contributed by atoms with Crippen LogP contribution in [0.1, 0.15) is 34.7 Å². The predicted molar refractivity (Wildman–Crippen MR) is 80.7 cm³/mol. The second-order valence-electron chi connectivity index (χ2n) is 5.19. The quantitative estimate of drug-likeness (QED) is 0.645. The van der Waals surface area contributed by atoms with Crippen molar-refractivity contribution >= 4 is 0 Å². The van der Waals surface area contributed by atoms with Crippen LogP contribution in [-0.4, -0.2) is 0 Å². The second-order valence-corrected chi connectivity index (χ2v) is 5.19. The number of hydrogen-bond donors (Lipinski definition) is 2. The first kappa shape index (κ1) is 14.7. The van der Waals surface area contributed by atoms with Crippen molar-refractivity contribution in [2.24, 2.45) is 5.84 Å². The highest BCUT2D eigenvalue weighted by Gasteiger charge is 2.11. The van der Waals surface area contributed by atoms with Gasteiger partial charge in [0.05, 0.1) is 0 Å². The molecule has 20 heavy (non-hydrogen) atoms. The Kier molecular flexibility index (Phi) is 4.88. The van der Waals surface area contributed by atoms with Crippen molar-refractivity contribution < 1.29 is 4.39 Å². The molecule has 0 aromatic heterocycles. The lowest BCUT2D eigenvalue weighted by Gasteiger charge is -2.17. The Morgan fingerprint density at radius 1 is 1.10 bits per heavy atom. The summed E-state index contributed by atoms with van der Waals surface area (Å²) in [7, 11) is 0. The minimum absolute atomic E-state index is 0.0360. The number of halogens is 1. The van der Waals surface area contributed by atoms with Crippen LogP contribution in [0.2, 0.25) is 0 Å². The molecule has 3 N–H and O–H groups in total. The summed E-state index contributed by atoms with van der Waals surface area (Å²) in [4.78, 5) is 0. The molecule has 0 fully saturated rings. The van der Waals surface area contributed by atoms with Crippen molar-refractivity contribution in [2.75, 3.05) is 0 Å². The Morgan fingerprint density at radius 3 is 2.50 bits per heavy atom. The third-order valence-electron chi connectivity index (χ3n) is 3.75. The SMILES string of the molecule is Cc1cc(C(CCc2ccccc2C)NN)ccc1F. The van der Waals surface area contributed by atoms with Gasteiger partial charge in [-0.1, -0.05) is 36.4 Å². The smallest absolute Gasteiger partial charge is 0.126 e. The van der Waals surface area contributed by atoms with Crippen LogP contribution in [-0.2, 0) is 6.42 Å². The van der Waals surface area contributed by atoms with Gasteiger partial charge in [-0.15, -0.1) is 0 Å². The first-order chi connectivity index (χ1) is 9.61. The molecule has 106 valence electrons. The maximum Gasteiger partial charge on any atom is 0.126 e. The Balaban J connectivity index is 2.09. The maximum absolute atomic E-state index is 13.3. The number of hydrogen-bond acceptors (Lipinski definition) is 2. The van der Waals surface area contributed by atoms with E-state index >= 15 is 0 Å². The number of nitrogens with two attached hydrogens (primary N) is 1. The lowest BCUT2D eigenvalue weighted by atomic mass is 9.96. The molecular formula is C17H21FN2. The van der Waals surface area contributed by atoms with Crippen molar-refractivity contribution in [1.82, 2.24) is 5.43 Å². The van der Waals surface area contributed by atoms with E-state index in [1.807, 2.05) is 12.1 Å². The minimum atomic E-state index is -0.177. The van der Waals surface area contributed by atoms with Gasteiger partial charge < -0.3 is 0 Å². The summed E-state index contributed by atoms with van der Waals surface area (Å²) >= 11 is 0. The van der Waals surface area contributed by atoms with Crippen molar-refractivity contribution in [3.8, 4) is 0 Å². The number of nitrogens with one attached hydrogen (secondary N) is 1. The molecule has 0 heterocycles. The summed E-state index contributed by atoms with van der Waals surface area (Å²) in [6, 6.07) is 13.5. The zero-order valence-corrected chi connectivity index (χ0v) is 12.0. The standard InChI is InChI=1S/C17H21FN2/c1-12-5-3-4-6-14(12)8-10-17(20-19)15-7-9-16(18)13(2)11-15/h3-7,9,11,17,20H,8,10,19H2,1-2H3. The van der Waals surface area contributed by atoms with E-state index in [0.717, 1.165) is 18.4 Å². The van der Waals surface area contributed by atoms with Gasteiger partial charge in [-0.3, -0.25) is 11.3 Å². The summed E-state index contributed by atoms with van der Waals surface area (Å²) in [5.41, 5.74) is 7.13. The summed E-state index contributed by atoms with van der Waals surface area (Å²) in [5.74, 6) is 5.47. The maximum atomic E-state index is 13.3. The van der Waals surface area contributed by atoms with E-state index in [4.69, 9.17) is 5.84 Å². The molecule has 3 heteroatoms. The number of aryl methyl sites for hydroxylation is 3. The zero-order chi connectivity index (χ0) is 14.5. The molecule has 2 aromatic rings. The predicted octanol–water partition coefficient (Wildman–Crippen LogP) is 3.58. The topological polar surface area (TPSA) is 38.0 Å². The molecule has 1 unspecified atom stereocenters. The van der Waals surface area contributed by atoms with Crippen molar-refractivity contribution in [3.63, 3.8) is 0 Å². The minimum Gasteiger partial charge on any atom is -0.271 e. The lowest BCUT2D eigenvalue weighted by Crippen LogP contribution is -2.28. The number of benzene rings is 2. The Labute approximate surface area is 119 Å². The second kappa shape index (κ2) is 6.64. The van der Waals surface area contributed by atoms with Crippen LogP contribution in [0.25, 0.3) is 0 Å². The number of hydrazine groups is 1. The first-order valence-corrected chi connectivity index (χ1v) is 6.88. The van der Waals surface area contributed by atoms with Gasteiger partial charge in [0.15, 0.2) is 0 Å². The molecule has 0 bridgehead atoms. The fourth-order valence-corrected chi connectivity index (χ4v) is 2.42. The van der Waals surface area contributed by atoms with E-state index in [2.05, 4.69) is 30.5 Å². The fourth-order valence-electron chi connectivity index (χ4n) is 2.42. The fraction of sp³-hybridized carbons (Fsp3) is 0.294. The molecule has 2 rings (SSSR count). The summed E-state index contributed by atoms with van der Waals surface area (Å²) in [6.07, 6.45) is 1.82. The highest BCUT2D eigenvalue weighted by Crippen LogP contribution is 2.21. The van der Waals surface area contributed by atoms with Crippen molar-refractivity contribution in [2.45, 2.75) is 32.7 Å². The summed E-state index contributed by atoms with van der Waals surface area (Å²) < 4.78 is 13.3. The van der Waals surface area contributed by atoms with Gasteiger partial charge in [0.2, 0.25) is 0 Å². The Morgan fingerprint density at radius 2 is 1.85 bits per heavy atom. The van der Waals surface area contributed by atoms with Crippen LogP contribution in [0.3, 0.4) is 0 Å². The van der Waals surface area contributed by atoms with E-state index in [-0.39, 0.29) is 11.9 Å². The largest absolute Gasteiger partial charge is 0.271 e. The highest BCUT2D eigenvalue weighted by atomic mass is 19.1.